The topological polar surface area (TPSA) is 29.3 Å². The second kappa shape index (κ2) is 5.81. The van der Waals surface area contributed by atoms with Crippen LogP contribution in [-0.4, -0.2) is 35.0 Å². The quantitative estimate of drug-likeness (QED) is 0.924. The van der Waals surface area contributed by atoms with Crippen molar-refractivity contribution in [3.05, 3.63) is 35.1 Å². The summed E-state index contributed by atoms with van der Waals surface area (Å²) in [5.41, 5.74) is 7.79. The Morgan fingerprint density at radius 2 is 2.21 bits per heavy atom. The van der Waals surface area contributed by atoms with E-state index in [1.807, 2.05) is 30.8 Å². The van der Waals surface area contributed by atoms with Crippen molar-refractivity contribution < 1.29 is 4.39 Å². The van der Waals surface area contributed by atoms with E-state index in [4.69, 9.17) is 5.73 Å². The maximum atomic E-state index is 13.4. The lowest BCUT2D eigenvalue weighted by Crippen LogP contribution is -2.46. The molecule has 1 aromatic rings. The third-order valence-electron chi connectivity index (χ3n) is 3.69. The number of halogens is 1. The molecule has 0 aliphatic carbocycles. The lowest BCUT2D eigenvalue weighted by atomic mass is 10.0. The van der Waals surface area contributed by atoms with Gasteiger partial charge >= 0.3 is 0 Å². The summed E-state index contributed by atoms with van der Waals surface area (Å²) in [5, 5.41) is 0. The molecule has 1 atom stereocenters. The summed E-state index contributed by atoms with van der Waals surface area (Å²) in [7, 11) is 0. The Morgan fingerprint density at radius 1 is 1.47 bits per heavy atom. The van der Waals surface area contributed by atoms with Crippen molar-refractivity contribution in [2.45, 2.75) is 31.6 Å². The molecule has 0 radical (unpaired) electrons. The molecule has 2 N–H and O–H groups in total. The molecule has 0 aromatic heterocycles. The number of thioether (sulfide) groups is 1. The summed E-state index contributed by atoms with van der Waals surface area (Å²) in [5.74, 6) is 0.984. The number of nitrogens with two attached hydrogens (primary N) is 1. The number of rotatable bonds is 3. The van der Waals surface area contributed by atoms with E-state index >= 15 is 0 Å². The lowest BCUT2D eigenvalue weighted by Gasteiger charge is -2.41. The number of hydrogen-bond acceptors (Lipinski definition) is 3. The molecule has 19 heavy (non-hydrogen) atoms. The van der Waals surface area contributed by atoms with Crippen molar-refractivity contribution in [3.8, 4) is 0 Å². The molecule has 0 spiro atoms. The van der Waals surface area contributed by atoms with Gasteiger partial charge in [-0.25, -0.2) is 4.39 Å². The summed E-state index contributed by atoms with van der Waals surface area (Å²) in [6.45, 7) is 9.00. The second-order valence-corrected chi connectivity index (χ2v) is 7.64. The minimum absolute atomic E-state index is 0.144. The highest BCUT2D eigenvalue weighted by molar-refractivity contribution is 8.00. The number of aryl methyl sites for hydroxylation is 1. The van der Waals surface area contributed by atoms with Gasteiger partial charge in [0.25, 0.3) is 0 Å². The SMILES string of the molecule is Cc1cc(C(CN)N2CCSC(C)(C)C2)ccc1F. The Bertz CT molecular complexity index is 448. The minimum atomic E-state index is -0.144. The summed E-state index contributed by atoms with van der Waals surface area (Å²) in [6.07, 6.45) is 0. The number of benzene rings is 1. The largest absolute Gasteiger partial charge is 0.329 e. The zero-order valence-corrected chi connectivity index (χ0v) is 12.8. The monoisotopic (exact) mass is 282 g/mol. The first kappa shape index (κ1) is 14.8. The van der Waals surface area contributed by atoms with E-state index in [1.54, 1.807) is 6.07 Å². The molecule has 1 aliphatic heterocycles. The fraction of sp³-hybridized carbons (Fsp3) is 0.600. The molecule has 1 heterocycles. The van der Waals surface area contributed by atoms with Gasteiger partial charge in [0.2, 0.25) is 0 Å². The van der Waals surface area contributed by atoms with Crippen LogP contribution in [0, 0.1) is 12.7 Å². The van der Waals surface area contributed by atoms with Gasteiger partial charge in [-0.1, -0.05) is 12.1 Å². The van der Waals surface area contributed by atoms with Crippen molar-refractivity contribution in [2.75, 3.05) is 25.4 Å². The van der Waals surface area contributed by atoms with Crippen molar-refractivity contribution in [1.82, 2.24) is 4.90 Å². The summed E-state index contributed by atoms with van der Waals surface area (Å²) >= 11 is 2.01. The molecule has 1 unspecified atom stereocenters. The molecule has 0 saturated carbocycles. The van der Waals surface area contributed by atoms with Crippen LogP contribution >= 0.6 is 11.8 Å². The summed E-state index contributed by atoms with van der Waals surface area (Å²) in [6, 6.07) is 5.55. The predicted octanol–water partition coefficient (Wildman–Crippen LogP) is 2.96. The Balaban J connectivity index is 2.21. The lowest BCUT2D eigenvalue weighted by molar-refractivity contribution is 0.192. The van der Waals surface area contributed by atoms with Crippen molar-refractivity contribution in [3.63, 3.8) is 0 Å². The van der Waals surface area contributed by atoms with Crippen LogP contribution in [0.25, 0.3) is 0 Å². The van der Waals surface area contributed by atoms with Crippen LogP contribution in [0.5, 0.6) is 0 Å². The zero-order chi connectivity index (χ0) is 14.0. The van der Waals surface area contributed by atoms with E-state index in [2.05, 4.69) is 18.7 Å². The van der Waals surface area contributed by atoms with Gasteiger partial charge in [0.05, 0.1) is 0 Å². The Kier molecular flexibility index (Phi) is 4.54. The zero-order valence-electron chi connectivity index (χ0n) is 11.9. The first-order valence-electron chi connectivity index (χ1n) is 6.77. The maximum absolute atomic E-state index is 13.4. The summed E-state index contributed by atoms with van der Waals surface area (Å²) in [4.78, 5) is 2.43. The molecule has 1 aliphatic rings. The van der Waals surface area contributed by atoms with Gasteiger partial charge in [0.15, 0.2) is 0 Å². The van der Waals surface area contributed by atoms with Gasteiger partial charge in [-0.2, -0.15) is 11.8 Å². The molecule has 0 bridgehead atoms. The van der Waals surface area contributed by atoms with Crippen molar-refractivity contribution in [2.24, 2.45) is 5.73 Å². The van der Waals surface area contributed by atoms with E-state index in [0.717, 1.165) is 24.4 Å². The van der Waals surface area contributed by atoms with E-state index < -0.39 is 0 Å². The first-order valence-corrected chi connectivity index (χ1v) is 7.75. The van der Waals surface area contributed by atoms with Crippen molar-refractivity contribution >= 4 is 11.8 Å². The molecular formula is C15H23FN2S. The van der Waals surface area contributed by atoms with Gasteiger partial charge in [-0.05, 0) is 38.0 Å². The Morgan fingerprint density at radius 3 is 2.79 bits per heavy atom. The maximum Gasteiger partial charge on any atom is 0.126 e. The molecule has 4 heteroatoms. The predicted molar refractivity (Wildman–Crippen MR) is 81.0 cm³/mol. The van der Waals surface area contributed by atoms with Gasteiger partial charge in [-0.15, -0.1) is 0 Å². The molecular weight excluding hydrogens is 259 g/mol. The second-order valence-electron chi connectivity index (χ2n) is 5.84. The average molecular weight is 282 g/mol. The average Bonchev–Trinajstić information content (AvgIpc) is 2.33. The number of nitrogens with zero attached hydrogens (tertiary/aromatic N) is 1. The van der Waals surface area contributed by atoms with Crippen LogP contribution in [0.15, 0.2) is 18.2 Å². The number of hydrogen-bond donors (Lipinski definition) is 1. The van der Waals surface area contributed by atoms with Gasteiger partial charge in [0, 0.05) is 36.2 Å². The highest BCUT2D eigenvalue weighted by atomic mass is 32.2. The smallest absolute Gasteiger partial charge is 0.126 e. The minimum Gasteiger partial charge on any atom is -0.329 e. The highest BCUT2D eigenvalue weighted by Gasteiger charge is 2.31. The van der Waals surface area contributed by atoms with Crippen LogP contribution in [0.4, 0.5) is 4.39 Å². The van der Waals surface area contributed by atoms with Crippen molar-refractivity contribution in [1.29, 1.82) is 0 Å². The van der Waals surface area contributed by atoms with Gasteiger partial charge in [0.1, 0.15) is 5.82 Å². The van der Waals surface area contributed by atoms with Crippen LogP contribution in [0.2, 0.25) is 0 Å². The van der Waals surface area contributed by atoms with Gasteiger partial charge < -0.3 is 5.73 Å². The fourth-order valence-electron chi connectivity index (χ4n) is 2.69. The molecule has 2 rings (SSSR count). The van der Waals surface area contributed by atoms with E-state index in [9.17, 15) is 4.39 Å². The van der Waals surface area contributed by atoms with Crippen LogP contribution in [-0.2, 0) is 0 Å². The van der Waals surface area contributed by atoms with Crippen LogP contribution in [0.3, 0.4) is 0 Å². The standard InChI is InChI=1S/C15H23FN2S/c1-11-8-12(4-5-13(11)16)14(9-17)18-6-7-19-15(2,3)10-18/h4-5,8,14H,6-7,9-10,17H2,1-3H3. The van der Waals surface area contributed by atoms with Crippen LogP contribution in [0.1, 0.15) is 31.0 Å². The third-order valence-corrected chi connectivity index (χ3v) is 4.98. The molecule has 1 fully saturated rings. The first-order chi connectivity index (χ1) is 8.93. The fourth-order valence-corrected chi connectivity index (χ4v) is 3.83. The van der Waals surface area contributed by atoms with E-state index in [1.165, 1.54) is 0 Å². The molecule has 1 saturated heterocycles. The molecule has 106 valence electrons. The molecule has 1 aromatic carbocycles. The molecule has 2 nitrogen and oxygen atoms in total. The Hall–Kier alpha value is -0.580. The normalized spacial score (nSPS) is 21.3. The Labute approximate surface area is 119 Å². The van der Waals surface area contributed by atoms with E-state index in [0.29, 0.717) is 12.1 Å². The molecule has 0 amide bonds. The van der Waals surface area contributed by atoms with E-state index in [-0.39, 0.29) is 16.6 Å². The van der Waals surface area contributed by atoms with Crippen LogP contribution < -0.4 is 5.73 Å². The third kappa shape index (κ3) is 3.50. The highest BCUT2D eigenvalue weighted by Crippen LogP contribution is 2.34. The van der Waals surface area contributed by atoms with Gasteiger partial charge in [-0.3, -0.25) is 4.90 Å². The summed E-state index contributed by atoms with van der Waals surface area (Å²) < 4.78 is 13.6.